The van der Waals surface area contributed by atoms with E-state index in [0.717, 1.165) is 29.8 Å². The average molecular weight is 328 g/mol. The van der Waals surface area contributed by atoms with Crippen molar-refractivity contribution in [1.29, 1.82) is 0 Å². The van der Waals surface area contributed by atoms with E-state index in [1.807, 2.05) is 36.4 Å². The molecule has 0 unspecified atom stereocenters. The minimum atomic E-state index is 0.326. The van der Waals surface area contributed by atoms with Crippen molar-refractivity contribution >= 4 is 11.6 Å². The first-order valence-corrected chi connectivity index (χ1v) is 8.00. The molecule has 0 saturated heterocycles. The number of anilines is 1. The molecule has 3 N–H and O–H groups in total. The minimum Gasteiger partial charge on any atom is -0.497 e. The number of hydrogen-bond donors (Lipinski definition) is 2. The van der Waals surface area contributed by atoms with Gasteiger partial charge in [-0.15, -0.1) is 0 Å². The van der Waals surface area contributed by atoms with Crippen LogP contribution in [0.25, 0.3) is 0 Å². The minimum absolute atomic E-state index is 0.326. The van der Waals surface area contributed by atoms with Crippen molar-refractivity contribution < 1.29 is 9.47 Å². The first-order valence-electron chi connectivity index (χ1n) is 8.00. The Balaban J connectivity index is 1.99. The summed E-state index contributed by atoms with van der Waals surface area (Å²) in [4.78, 5) is 8.62. The average Bonchev–Trinajstić information content (AvgIpc) is 2.61. The maximum absolute atomic E-state index is 5.95. The van der Waals surface area contributed by atoms with Crippen molar-refractivity contribution in [1.82, 2.24) is 4.98 Å². The van der Waals surface area contributed by atoms with Crippen molar-refractivity contribution in [2.45, 2.75) is 26.3 Å². The predicted molar refractivity (Wildman–Crippen MR) is 96.6 cm³/mol. The summed E-state index contributed by atoms with van der Waals surface area (Å²) in [7, 11) is 1.62. The van der Waals surface area contributed by atoms with Crippen LogP contribution in [-0.4, -0.2) is 24.7 Å². The van der Waals surface area contributed by atoms with Crippen LogP contribution in [0.3, 0.4) is 0 Å². The van der Waals surface area contributed by atoms with Crippen LogP contribution >= 0.6 is 0 Å². The first-order chi connectivity index (χ1) is 11.7. The van der Waals surface area contributed by atoms with Gasteiger partial charge in [-0.3, -0.25) is 0 Å². The van der Waals surface area contributed by atoms with Crippen LogP contribution in [0.5, 0.6) is 11.6 Å². The molecule has 1 aromatic heterocycles. The van der Waals surface area contributed by atoms with Gasteiger partial charge >= 0.3 is 0 Å². The summed E-state index contributed by atoms with van der Waals surface area (Å²) in [6, 6.07) is 11.3. The molecular formula is C18H24N4O2. The van der Waals surface area contributed by atoms with Crippen molar-refractivity contribution in [2.75, 3.05) is 19.0 Å². The highest BCUT2D eigenvalue weighted by Gasteiger charge is 2.04. The number of nitrogens with two attached hydrogens (primary N) is 1. The highest BCUT2D eigenvalue weighted by Crippen LogP contribution is 2.17. The van der Waals surface area contributed by atoms with Crippen LogP contribution in [-0.2, 0) is 6.54 Å². The normalized spacial score (nSPS) is 11.2. The number of rotatable bonds is 8. The van der Waals surface area contributed by atoms with Crippen LogP contribution in [0, 0.1) is 0 Å². The number of ether oxygens (including phenoxy) is 2. The lowest BCUT2D eigenvalue weighted by Gasteiger charge is -2.09. The van der Waals surface area contributed by atoms with Crippen molar-refractivity contribution in [2.24, 2.45) is 10.7 Å². The molecule has 0 spiro atoms. The first kappa shape index (κ1) is 17.6. The number of nitrogens with zero attached hydrogens (tertiary/aromatic N) is 2. The molecule has 128 valence electrons. The van der Waals surface area contributed by atoms with Crippen LogP contribution in [0.2, 0.25) is 0 Å². The van der Waals surface area contributed by atoms with Gasteiger partial charge in [-0.05, 0) is 24.6 Å². The predicted octanol–water partition coefficient (Wildman–Crippen LogP) is 3.20. The van der Waals surface area contributed by atoms with Gasteiger partial charge in [0, 0.05) is 23.5 Å². The molecule has 6 nitrogen and oxygen atoms in total. The summed E-state index contributed by atoms with van der Waals surface area (Å²) >= 11 is 0. The molecule has 0 radical (unpaired) electrons. The SMILES string of the molecule is CCCCOc1ncccc1CN=C(N)Nc1cccc(OC)c1. The summed E-state index contributed by atoms with van der Waals surface area (Å²) in [5.41, 5.74) is 7.68. The molecule has 1 aromatic carbocycles. The second kappa shape index (κ2) is 9.39. The molecule has 0 bridgehead atoms. The second-order valence-corrected chi connectivity index (χ2v) is 5.23. The maximum Gasteiger partial charge on any atom is 0.218 e. The molecule has 0 amide bonds. The van der Waals surface area contributed by atoms with E-state index in [4.69, 9.17) is 15.2 Å². The van der Waals surface area contributed by atoms with Crippen molar-refractivity contribution in [3.63, 3.8) is 0 Å². The Labute approximate surface area is 142 Å². The molecule has 0 aliphatic carbocycles. The van der Waals surface area contributed by atoms with Crippen LogP contribution in [0.4, 0.5) is 5.69 Å². The number of aliphatic imine (C=N–C) groups is 1. The summed E-state index contributed by atoms with van der Waals surface area (Å²) in [6.07, 6.45) is 3.79. The zero-order valence-electron chi connectivity index (χ0n) is 14.2. The van der Waals surface area contributed by atoms with Gasteiger partial charge in [0.1, 0.15) is 5.75 Å². The van der Waals surface area contributed by atoms with Gasteiger partial charge in [0.05, 0.1) is 20.3 Å². The standard InChI is InChI=1S/C18H24N4O2/c1-3-4-11-24-17-14(7-6-10-20-17)13-21-18(19)22-15-8-5-9-16(12-15)23-2/h5-10,12H,3-4,11,13H2,1-2H3,(H3,19,21,22). The van der Waals surface area contributed by atoms with Gasteiger partial charge in [0.15, 0.2) is 5.96 Å². The third-order valence-corrected chi connectivity index (χ3v) is 3.35. The molecule has 0 saturated carbocycles. The van der Waals surface area contributed by atoms with E-state index in [1.165, 1.54) is 0 Å². The molecule has 0 fully saturated rings. The largest absolute Gasteiger partial charge is 0.497 e. The third kappa shape index (κ3) is 5.46. The number of nitrogens with one attached hydrogen (secondary N) is 1. The Bertz CT molecular complexity index is 674. The fraction of sp³-hybridized carbons (Fsp3) is 0.333. The lowest BCUT2D eigenvalue weighted by atomic mass is 10.2. The Morgan fingerprint density at radius 2 is 2.17 bits per heavy atom. The van der Waals surface area contributed by atoms with Crippen LogP contribution < -0.4 is 20.5 Å². The maximum atomic E-state index is 5.95. The number of aromatic nitrogens is 1. The molecule has 1 heterocycles. The topological polar surface area (TPSA) is 81.8 Å². The third-order valence-electron chi connectivity index (χ3n) is 3.35. The summed E-state index contributed by atoms with van der Waals surface area (Å²) in [6.45, 7) is 3.18. The zero-order chi connectivity index (χ0) is 17.2. The van der Waals surface area contributed by atoms with Gasteiger partial charge in [0.25, 0.3) is 0 Å². The quantitative estimate of drug-likeness (QED) is 0.442. The van der Waals surface area contributed by atoms with E-state index in [9.17, 15) is 0 Å². The van der Waals surface area contributed by atoms with Crippen molar-refractivity contribution in [3.8, 4) is 11.6 Å². The number of guanidine groups is 1. The molecule has 6 heteroatoms. The summed E-state index contributed by atoms with van der Waals surface area (Å²) in [5, 5.41) is 3.05. The molecular weight excluding hydrogens is 304 g/mol. The van der Waals surface area contributed by atoms with Gasteiger partial charge in [-0.1, -0.05) is 25.5 Å². The van der Waals surface area contributed by atoms with Gasteiger partial charge in [0.2, 0.25) is 5.88 Å². The van der Waals surface area contributed by atoms with E-state index in [1.54, 1.807) is 13.3 Å². The van der Waals surface area contributed by atoms with E-state index in [-0.39, 0.29) is 0 Å². The van der Waals surface area contributed by atoms with Crippen LogP contribution in [0.1, 0.15) is 25.3 Å². The Morgan fingerprint density at radius 3 is 2.96 bits per heavy atom. The highest BCUT2D eigenvalue weighted by atomic mass is 16.5. The fourth-order valence-electron chi connectivity index (χ4n) is 2.05. The van der Waals surface area contributed by atoms with E-state index in [2.05, 4.69) is 22.2 Å². The van der Waals surface area contributed by atoms with Gasteiger partial charge in [-0.25, -0.2) is 9.98 Å². The zero-order valence-corrected chi connectivity index (χ0v) is 14.2. The molecule has 0 aliphatic rings. The number of methoxy groups -OCH3 is 1. The van der Waals surface area contributed by atoms with Gasteiger partial charge in [-0.2, -0.15) is 0 Å². The fourth-order valence-corrected chi connectivity index (χ4v) is 2.05. The smallest absolute Gasteiger partial charge is 0.218 e. The number of benzene rings is 1. The summed E-state index contributed by atoms with van der Waals surface area (Å²) < 4.78 is 10.9. The molecule has 24 heavy (non-hydrogen) atoms. The molecule has 0 atom stereocenters. The Hall–Kier alpha value is -2.76. The number of hydrogen-bond acceptors (Lipinski definition) is 4. The van der Waals surface area contributed by atoms with Crippen LogP contribution in [0.15, 0.2) is 47.6 Å². The number of unbranched alkanes of at least 4 members (excludes halogenated alkanes) is 1. The lowest BCUT2D eigenvalue weighted by molar-refractivity contribution is 0.294. The number of pyridine rings is 1. The highest BCUT2D eigenvalue weighted by molar-refractivity contribution is 5.92. The van der Waals surface area contributed by atoms with E-state index >= 15 is 0 Å². The van der Waals surface area contributed by atoms with Crippen molar-refractivity contribution in [3.05, 3.63) is 48.2 Å². The summed E-state index contributed by atoms with van der Waals surface area (Å²) in [5.74, 6) is 1.70. The second-order valence-electron chi connectivity index (χ2n) is 5.23. The van der Waals surface area contributed by atoms with E-state index < -0.39 is 0 Å². The van der Waals surface area contributed by atoms with Gasteiger partial charge < -0.3 is 20.5 Å². The monoisotopic (exact) mass is 328 g/mol. The molecule has 0 aliphatic heterocycles. The van der Waals surface area contributed by atoms with E-state index in [0.29, 0.717) is 25.0 Å². The molecule has 2 aromatic rings. The Morgan fingerprint density at radius 1 is 1.29 bits per heavy atom. The molecule has 2 rings (SSSR count). The Kier molecular flexibility index (Phi) is 6.89. The lowest BCUT2D eigenvalue weighted by Crippen LogP contribution is -2.22.